The molecule has 0 aliphatic carbocycles. The van der Waals surface area contributed by atoms with Crippen LogP contribution in [0.2, 0.25) is 0 Å². The summed E-state index contributed by atoms with van der Waals surface area (Å²) in [5, 5.41) is 20.5. The van der Waals surface area contributed by atoms with Gasteiger partial charge >= 0.3 is 5.97 Å². The molecule has 66 heavy (non-hydrogen) atoms. The lowest BCUT2D eigenvalue weighted by molar-refractivity contribution is -0.142. The number of hydrogen-bond donors (Lipinski definition) is 7. The molecule has 0 spiro atoms. The van der Waals surface area contributed by atoms with E-state index in [9.17, 15) is 43.5 Å². The van der Waals surface area contributed by atoms with Crippen LogP contribution < -0.4 is 32.7 Å². The van der Waals surface area contributed by atoms with E-state index in [1.807, 2.05) is 50.2 Å². The van der Waals surface area contributed by atoms with E-state index in [-0.39, 0.29) is 36.9 Å². The molecule has 358 valence electrons. The maximum Gasteiger partial charge on any atom is 0.326 e. The third-order valence-electron chi connectivity index (χ3n) is 11.7. The number of benzene rings is 3. The molecule has 0 fully saturated rings. The van der Waals surface area contributed by atoms with Gasteiger partial charge < -0.3 is 37.8 Å². The van der Waals surface area contributed by atoms with Gasteiger partial charge in [-0.15, -0.1) is 0 Å². The molecule has 0 saturated carbocycles. The van der Waals surface area contributed by atoms with Crippen LogP contribution in [0, 0.1) is 5.92 Å². The van der Waals surface area contributed by atoms with Crippen LogP contribution in [0.1, 0.15) is 144 Å². The highest BCUT2D eigenvalue weighted by Crippen LogP contribution is 2.16. The van der Waals surface area contributed by atoms with Gasteiger partial charge in [0.2, 0.25) is 35.4 Å². The minimum atomic E-state index is -1.36. The van der Waals surface area contributed by atoms with Gasteiger partial charge in [-0.25, -0.2) is 4.79 Å². The fourth-order valence-corrected chi connectivity index (χ4v) is 7.55. The normalized spacial score (nSPS) is 13.2. The van der Waals surface area contributed by atoms with Gasteiger partial charge in [-0.2, -0.15) is 0 Å². The zero-order valence-electron chi connectivity index (χ0n) is 38.6. The molecule has 6 amide bonds. The van der Waals surface area contributed by atoms with Crippen LogP contribution in [0.4, 0.5) is 0 Å². The maximum absolute atomic E-state index is 13.2. The first-order valence-electron chi connectivity index (χ1n) is 23.4. The van der Waals surface area contributed by atoms with Crippen molar-refractivity contribution in [1.29, 1.82) is 0 Å². The number of hydrogen-bond acceptors (Lipinski definition) is 8. The maximum atomic E-state index is 13.2. The predicted molar refractivity (Wildman–Crippen MR) is 253 cm³/mol. The third-order valence-corrected chi connectivity index (χ3v) is 11.7. The Kier molecular flexibility index (Phi) is 24.5. The Hall–Kier alpha value is -6.38. The van der Waals surface area contributed by atoms with Gasteiger partial charge in [-0.05, 0) is 29.9 Å². The molecule has 0 aliphatic heterocycles. The van der Waals surface area contributed by atoms with Crippen molar-refractivity contribution in [3.05, 3.63) is 107 Å². The van der Waals surface area contributed by atoms with E-state index < -0.39 is 66.1 Å². The molecule has 0 saturated heterocycles. The first kappa shape index (κ1) is 54.0. The Labute approximate surface area is 389 Å². The topological polar surface area (TPSA) is 257 Å². The highest BCUT2D eigenvalue weighted by atomic mass is 16.4. The molecular weight excluding hydrogens is 841 g/mol. The number of amides is 6. The van der Waals surface area contributed by atoms with E-state index >= 15 is 0 Å². The number of ketones is 1. The van der Waals surface area contributed by atoms with Crippen molar-refractivity contribution in [1.82, 2.24) is 21.3 Å². The van der Waals surface area contributed by atoms with Crippen molar-refractivity contribution < 1.29 is 43.5 Å². The Bertz CT molecular complexity index is 2010. The highest BCUT2D eigenvalue weighted by molar-refractivity contribution is 6.09. The Morgan fingerprint density at radius 3 is 1.44 bits per heavy atom. The number of aliphatic carboxylic acids is 1. The van der Waals surface area contributed by atoms with Gasteiger partial charge in [0.15, 0.2) is 5.78 Å². The second-order valence-electron chi connectivity index (χ2n) is 17.1. The summed E-state index contributed by atoms with van der Waals surface area (Å²) in [6.45, 7) is 3.84. The summed E-state index contributed by atoms with van der Waals surface area (Å²) in [5.41, 5.74) is 13.3. The van der Waals surface area contributed by atoms with E-state index in [0.717, 1.165) is 76.2 Å². The Balaban J connectivity index is 1.26. The number of rotatable bonds is 33. The van der Waals surface area contributed by atoms with Gasteiger partial charge in [0, 0.05) is 36.8 Å². The monoisotopic (exact) mass is 911 g/mol. The molecule has 0 aromatic heterocycles. The van der Waals surface area contributed by atoms with Crippen LogP contribution in [0.25, 0.3) is 0 Å². The van der Waals surface area contributed by atoms with Crippen LogP contribution >= 0.6 is 0 Å². The number of carboxylic acid groups (broad SMARTS) is 1. The number of carboxylic acids is 1. The van der Waals surface area contributed by atoms with Crippen molar-refractivity contribution in [2.24, 2.45) is 17.4 Å². The van der Waals surface area contributed by atoms with E-state index in [2.05, 4.69) is 21.3 Å². The lowest BCUT2D eigenvalue weighted by atomic mass is 9.97. The van der Waals surface area contributed by atoms with E-state index in [0.29, 0.717) is 36.0 Å². The van der Waals surface area contributed by atoms with Crippen LogP contribution in [0.15, 0.2) is 84.9 Å². The number of primary amides is 2. The fourth-order valence-electron chi connectivity index (χ4n) is 7.55. The third kappa shape index (κ3) is 20.6. The summed E-state index contributed by atoms with van der Waals surface area (Å²) in [4.78, 5) is 101. The van der Waals surface area contributed by atoms with Crippen LogP contribution in [0.3, 0.4) is 0 Å². The summed E-state index contributed by atoms with van der Waals surface area (Å²) in [7, 11) is 0. The van der Waals surface area contributed by atoms with Crippen molar-refractivity contribution in [2.75, 3.05) is 0 Å². The largest absolute Gasteiger partial charge is 0.480 e. The molecule has 3 aromatic carbocycles. The van der Waals surface area contributed by atoms with E-state index in [1.54, 1.807) is 48.5 Å². The standard InChI is InChI=1S/C51H70N6O9/c1-3-35(2)46(50(64)55-40(48(53)62)32-36-22-16-14-17-23-36)57-45(60)27-21-13-11-9-7-5-4-6-8-10-12-20-26-44(59)54-41(34-43(52)58)49(63)56-42(51(65)66)33-37-28-30-39(31-29-37)47(61)38-24-18-15-19-25-38/h14-19,22-25,28-31,35,40-42,46H,3-13,20-21,26-27,32-34H2,1-2H3,(H2,52,58)(H2,53,62)(H,54,59)(H,55,64)(H,56,63)(H,57,60)(H,65,66)/t35-,40-,41-,42-,46-/m0/s1. The van der Waals surface area contributed by atoms with Crippen molar-refractivity contribution >= 4 is 47.2 Å². The first-order chi connectivity index (χ1) is 31.7. The molecule has 0 aliphatic rings. The molecule has 0 unspecified atom stereocenters. The summed E-state index contributed by atoms with van der Waals surface area (Å²) in [6, 6.07) is 20.1. The smallest absolute Gasteiger partial charge is 0.326 e. The molecule has 3 rings (SSSR count). The van der Waals surface area contributed by atoms with Crippen molar-refractivity contribution in [3.63, 3.8) is 0 Å². The Morgan fingerprint density at radius 2 is 0.955 bits per heavy atom. The van der Waals surface area contributed by atoms with E-state index in [4.69, 9.17) is 11.5 Å². The van der Waals surface area contributed by atoms with Crippen LogP contribution in [0.5, 0.6) is 0 Å². The quantitative estimate of drug-likeness (QED) is 0.0296. The predicted octanol–water partition coefficient (Wildman–Crippen LogP) is 5.59. The Morgan fingerprint density at radius 1 is 0.515 bits per heavy atom. The molecule has 0 bridgehead atoms. The molecule has 15 nitrogen and oxygen atoms in total. The van der Waals surface area contributed by atoms with Crippen molar-refractivity contribution in [3.8, 4) is 0 Å². The summed E-state index contributed by atoms with van der Waals surface area (Å²) in [6.07, 6.45) is 12.3. The molecule has 15 heteroatoms. The van der Waals surface area contributed by atoms with Gasteiger partial charge in [0.1, 0.15) is 24.2 Å². The van der Waals surface area contributed by atoms with Gasteiger partial charge in [-0.1, -0.05) is 169 Å². The number of unbranched alkanes of at least 4 members (excludes halogenated alkanes) is 11. The molecule has 0 heterocycles. The molecule has 3 aromatic rings. The number of carbonyl (C=O) groups excluding carboxylic acids is 7. The second kappa shape index (κ2) is 29.9. The average molecular weight is 911 g/mol. The van der Waals surface area contributed by atoms with E-state index in [1.165, 1.54) is 0 Å². The fraction of sp³-hybridized carbons (Fsp3) is 0.490. The summed E-state index contributed by atoms with van der Waals surface area (Å²) < 4.78 is 0. The first-order valence-corrected chi connectivity index (χ1v) is 23.4. The lowest BCUT2D eigenvalue weighted by Crippen LogP contribution is -2.55. The zero-order chi connectivity index (χ0) is 48.3. The summed E-state index contributed by atoms with van der Waals surface area (Å²) >= 11 is 0. The van der Waals surface area contributed by atoms with Crippen LogP contribution in [-0.2, 0) is 46.4 Å². The minimum Gasteiger partial charge on any atom is -0.480 e. The number of carbonyl (C=O) groups is 8. The molecule has 9 N–H and O–H groups in total. The summed E-state index contributed by atoms with van der Waals surface area (Å²) in [5.74, 6) is -4.94. The zero-order valence-corrected chi connectivity index (χ0v) is 38.6. The molecular formula is C51H70N6O9. The van der Waals surface area contributed by atoms with Gasteiger partial charge in [0.25, 0.3) is 0 Å². The number of nitrogens with two attached hydrogens (primary N) is 2. The van der Waals surface area contributed by atoms with Crippen LogP contribution in [-0.4, -0.2) is 76.5 Å². The SMILES string of the molecule is CC[C@H](C)[C@H](NC(=O)CCCCCCCCCCCCCCC(=O)N[C@@H](CC(N)=O)C(=O)N[C@@H](Cc1ccc(C(=O)c2ccccc2)cc1)C(=O)O)C(=O)N[C@@H](Cc1ccccc1)C(N)=O. The van der Waals surface area contributed by atoms with Crippen molar-refractivity contribution in [2.45, 2.75) is 154 Å². The lowest BCUT2D eigenvalue weighted by Gasteiger charge is -2.26. The second-order valence-corrected chi connectivity index (χ2v) is 17.1. The molecule has 0 radical (unpaired) electrons. The number of nitrogens with one attached hydrogen (secondary N) is 4. The van der Waals surface area contributed by atoms with Gasteiger partial charge in [-0.3, -0.25) is 33.6 Å². The average Bonchev–Trinajstić information content (AvgIpc) is 3.30. The van der Waals surface area contributed by atoms with Gasteiger partial charge in [0.05, 0.1) is 6.42 Å². The molecule has 5 atom stereocenters. The highest BCUT2D eigenvalue weighted by Gasteiger charge is 2.30. The minimum absolute atomic E-state index is 0.0931.